The summed E-state index contributed by atoms with van der Waals surface area (Å²) in [6.07, 6.45) is 0.867. The number of hydrogen-bond donors (Lipinski definition) is 1. The van der Waals surface area contributed by atoms with Gasteiger partial charge in [0.2, 0.25) is 0 Å². The van der Waals surface area contributed by atoms with Gasteiger partial charge >= 0.3 is 0 Å². The average molecular weight is 237 g/mol. The highest BCUT2D eigenvalue weighted by atomic mass is 19.1. The lowest BCUT2D eigenvalue weighted by atomic mass is 10.1. The van der Waals surface area contributed by atoms with Gasteiger partial charge in [-0.3, -0.25) is 0 Å². The van der Waals surface area contributed by atoms with Crippen LogP contribution in [0.25, 0.3) is 0 Å². The molecule has 0 saturated heterocycles. The van der Waals surface area contributed by atoms with Crippen molar-refractivity contribution in [2.75, 3.05) is 13.7 Å². The third kappa shape index (κ3) is 3.86. The molecule has 0 spiro atoms. The topological polar surface area (TPSA) is 21.3 Å². The highest BCUT2D eigenvalue weighted by molar-refractivity contribution is 5.36. The molecule has 1 aromatic rings. The van der Waals surface area contributed by atoms with Crippen LogP contribution in [0, 0.1) is 5.82 Å². The minimum Gasteiger partial charge on any atom is -0.489 e. The van der Waals surface area contributed by atoms with Crippen molar-refractivity contribution in [1.29, 1.82) is 0 Å². The minimum atomic E-state index is -0.283. The summed E-state index contributed by atoms with van der Waals surface area (Å²) in [6, 6.07) is 4.75. The second-order valence-electron chi connectivity index (χ2n) is 4.08. The molecular formula is C14H20FNO. The largest absolute Gasteiger partial charge is 0.489 e. The zero-order valence-electron chi connectivity index (χ0n) is 10.7. The Balaban J connectivity index is 2.87. The van der Waals surface area contributed by atoms with Crippen molar-refractivity contribution >= 4 is 0 Å². The first kappa shape index (κ1) is 13.7. The fraction of sp³-hybridized carbons (Fsp3) is 0.429. The van der Waals surface area contributed by atoms with Crippen LogP contribution in [0.3, 0.4) is 0 Å². The van der Waals surface area contributed by atoms with Gasteiger partial charge in [0.15, 0.2) is 0 Å². The maximum atomic E-state index is 13.2. The molecule has 0 radical (unpaired) electrons. The van der Waals surface area contributed by atoms with Crippen LogP contribution in [0.5, 0.6) is 5.75 Å². The number of hydrogen-bond acceptors (Lipinski definition) is 2. The van der Waals surface area contributed by atoms with E-state index >= 15 is 0 Å². The van der Waals surface area contributed by atoms with Crippen LogP contribution in [-0.4, -0.2) is 13.7 Å². The second-order valence-corrected chi connectivity index (χ2v) is 4.08. The van der Waals surface area contributed by atoms with Crippen molar-refractivity contribution in [3.8, 4) is 5.75 Å². The Kier molecular flexibility index (Phi) is 5.16. The normalized spacial score (nSPS) is 12.2. The van der Waals surface area contributed by atoms with Gasteiger partial charge in [-0.25, -0.2) is 4.39 Å². The molecule has 0 bridgehead atoms. The summed E-state index contributed by atoms with van der Waals surface area (Å²) in [5, 5.41) is 3.12. The van der Waals surface area contributed by atoms with Crippen molar-refractivity contribution in [2.24, 2.45) is 0 Å². The second kappa shape index (κ2) is 6.40. The van der Waals surface area contributed by atoms with Gasteiger partial charge in [-0.15, -0.1) is 0 Å². The van der Waals surface area contributed by atoms with Gasteiger partial charge in [0.1, 0.15) is 18.2 Å². The van der Waals surface area contributed by atoms with Gasteiger partial charge in [-0.2, -0.15) is 0 Å². The predicted molar refractivity (Wildman–Crippen MR) is 68.8 cm³/mol. The molecule has 0 aliphatic rings. The molecule has 1 N–H and O–H groups in total. The summed E-state index contributed by atoms with van der Waals surface area (Å²) in [5.74, 6) is 0.301. The maximum absolute atomic E-state index is 13.2. The molecule has 0 heterocycles. The molecule has 17 heavy (non-hydrogen) atoms. The van der Waals surface area contributed by atoms with Gasteiger partial charge in [-0.05, 0) is 32.0 Å². The van der Waals surface area contributed by atoms with Crippen LogP contribution in [0.2, 0.25) is 0 Å². The van der Waals surface area contributed by atoms with Gasteiger partial charge in [-0.1, -0.05) is 19.6 Å². The van der Waals surface area contributed by atoms with Crippen LogP contribution in [0.4, 0.5) is 4.39 Å². The molecule has 1 atom stereocenters. The number of halogens is 1. The van der Waals surface area contributed by atoms with E-state index in [2.05, 4.69) is 11.9 Å². The Morgan fingerprint density at radius 2 is 2.24 bits per heavy atom. The summed E-state index contributed by atoms with van der Waals surface area (Å²) in [7, 11) is 1.86. The molecule has 0 aliphatic carbocycles. The van der Waals surface area contributed by atoms with Crippen molar-refractivity contribution in [2.45, 2.75) is 26.3 Å². The molecular weight excluding hydrogens is 217 g/mol. The molecule has 0 saturated carbocycles. The first-order valence-electron chi connectivity index (χ1n) is 5.84. The van der Waals surface area contributed by atoms with Crippen LogP contribution in [-0.2, 0) is 0 Å². The Labute approximate surface area is 102 Å². The summed E-state index contributed by atoms with van der Waals surface area (Å²) in [6.45, 7) is 8.34. The molecule has 0 fully saturated rings. The molecule has 1 rings (SSSR count). The Bertz CT molecular complexity index is 390. The number of rotatable bonds is 6. The summed E-state index contributed by atoms with van der Waals surface area (Å²) < 4.78 is 18.8. The standard InChI is InChI=1S/C14H20FNO/c1-5-10(2)9-17-14-8-12(15)6-7-13(14)11(3)16-4/h6-8,11,16H,2,5,9H2,1,3-4H3. The molecule has 0 aromatic heterocycles. The quantitative estimate of drug-likeness (QED) is 0.765. The van der Waals surface area contributed by atoms with Gasteiger partial charge in [0.25, 0.3) is 0 Å². The van der Waals surface area contributed by atoms with Crippen LogP contribution >= 0.6 is 0 Å². The zero-order valence-corrected chi connectivity index (χ0v) is 10.7. The van der Waals surface area contributed by atoms with Gasteiger partial charge < -0.3 is 10.1 Å². The van der Waals surface area contributed by atoms with Crippen molar-refractivity contribution < 1.29 is 9.13 Å². The lowest BCUT2D eigenvalue weighted by Crippen LogP contribution is -2.14. The fourth-order valence-electron chi connectivity index (χ4n) is 1.43. The van der Waals surface area contributed by atoms with Gasteiger partial charge in [0.05, 0.1) is 0 Å². The van der Waals surface area contributed by atoms with Crippen LogP contribution in [0.15, 0.2) is 30.4 Å². The van der Waals surface area contributed by atoms with Crippen molar-refractivity contribution in [3.05, 3.63) is 41.7 Å². The van der Waals surface area contributed by atoms with E-state index in [1.807, 2.05) is 20.9 Å². The number of ether oxygens (including phenoxy) is 1. The highest BCUT2D eigenvalue weighted by Crippen LogP contribution is 2.26. The Morgan fingerprint density at radius 3 is 2.82 bits per heavy atom. The molecule has 94 valence electrons. The maximum Gasteiger partial charge on any atom is 0.127 e. The third-order valence-corrected chi connectivity index (χ3v) is 2.81. The van der Waals surface area contributed by atoms with Crippen molar-refractivity contribution in [3.63, 3.8) is 0 Å². The SMILES string of the molecule is C=C(CC)COc1cc(F)ccc1C(C)NC. The molecule has 0 aliphatic heterocycles. The monoisotopic (exact) mass is 237 g/mol. The molecule has 0 amide bonds. The van der Waals surface area contributed by atoms with E-state index in [1.54, 1.807) is 6.07 Å². The third-order valence-electron chi connectivity index (χ3n) is 2.81. The van der Waals surface area contributed by atoms with Gasteiger partial charge in [0, 0.05) is 17.7 Å². The number of nitrogens with one attached hydrogen (secondary N) is 1. The summed E-state index contributed by atoms with van der Waals surface area (Å²) in [4.78, 5) is 0. The average Bonchev–Trinajstić information content (AvgIpc) is 2.35. The van der Waals surface area contributed by atoms with E-state index in [1.165, 1.54) is 12.1 Å². The van der Waals surface area contributed by atoms with E-state index in [0.29, 0.717) is 12.4 Å². The smallest absolute Gasteiger partial charge is 0.127 e. The van der Waals surface area contributed by atoms with E-state index in [0.717, 1.165) is 17.6 Å². The van der Waals surface area contributed by atoms with E-state index in [4.69, 9.17) is 4.74 Å². The first-order chi connectivity index (χ1) is 8.08. The van der Waals surface area contributed by atoms with Crippen LogP contribution < -0.4 is 10.1 Å². The molecule has 2 nitrogen and oxygen atoms in total. The Morgan fingerprint density at radius 1 is 1.53 bits per heavy atom. The Hall–Kier alpha value is -1.35. The summed E-state index contributed by atoms with van der Waals surface area (Å²) >= 11 is 0. The zero-order chi connectivity index (χ0) is 12.8. The highest BCUT2D eigenvalue weighted by Gasteiger charge is 2.11. The van der Waals surface area contributed by atoms with E-state index in [9.17, 15) is 4.39 Å². The summed E-state index contributed by atoms with van der Waals surface area (Å²) in [5.41, 5.74) is 1.95. The minimum absolute atomic E-state index is 0.125. The van der Waals surface area contributed by atoms with E-state index < -0.39 is 0 Å². The lowest BCUT2D eigenvalue weighted by molar-refractivity contribution is 0.339. The van der Waals surface area contributed by atoms with E-state index in [-0.39, 0.29) is 11.9 Å². The predicted octanol–water partition coefficient (Wildman–Crippen LogP) is 3.45. The molecule has 3 heteroatoms. The number of benzene rings is 1. The molecule has 1 aromatic carbocycles. The van der Waals surface area contributed by atoms with Crippen LogP contribution in [0.1, 0.15) is 31.9 Å². The molecule has 1 unspecified atom stereocenters. The lowest BCUT2D eigenvalue weighted by Gasteiger charge is -2.17. The first-order valence-corrected chi connectivity index (χ1v) is 5.84. The van der Waals surface area contributed by atoms with Crippen molar-refractivity contribution in [1.82, 2.24) is 5.32 Å². The fourth-order valence-corrected chi connectivity index (χ4v) is 1.43.